The molecule has 0 spiro atoms. The Morgan fingerprint density at radius 3 is 2.37 bits per heavy atom. The van der Waals surface area contributed by atoms with E-state index in [1.54, 1.807) is 6.07 Å². The van der Waals surface area contributed by atoms with E-state index in [9.17, 15) is 8.42 Å². The predicted octanol–water partition coefficient (Wildman–Crippen LogP) is 2.76. The van der Waals surface area contributed by atoms with E-state index in [0.717, 1.165) is 0 Å². The minimum atomic E-state index is -4.26. The highest BCUT2D eigenvalue weighted by atomic mass is 35.5. The molecule has 0 saturated carbocycles. The summed E-state index contributed by atoms with van der Waals surface area (Å²) < 4.78 is 41.5. The first-order chi connectivity index (χ1) is 8.88. The van der Waals surface area contributed by atoms with Crippen LogP contribution in [0, 0.1) is 0 Å². The molecule has 0 aromatic heterocycles. The van der Waals surface area contributed by atoms with Gasteiger partial charge in [-0.2, -0.15) is 8.42 Å². The molecule has 0 aliphatic heterocycles. The van der Waals surface area contributed by atoms with Crippen molar-refractivity contribution in [2.75, 3.05) is 14.2 Å². The first kappa shape index (κ1) is 13.9. The highest BCUT2D eigenvalue weighted by Crippen LogP contribution is 2.41. The maximum Gasteiger partial charge on any atom is 0.294 e. The Hall–Kier alpha value is -1.50. The molecule has 102 valence electrons. The number of halogens is 1. The van der Waals surface area contributed by atoms with Gasteiger partial charge in [-0.05, 0) is 23.6 Å². The van der Waals surface area contributed by atoms with Crippen LogP contribution in [0.25, 0.3) is 10.8 Å². The predicted molar refractivity (Wildman–Crippen MR) is 71.9 cm³/mol. The van der Waals surface area contributed by atoms with Gasteiger partial charge in [0.05, 0.1) is 24.1 Å². The Balaban J connectivity index is 2.81. The summed E-state index contributed by atoms with van der Waals surface area (Å²) in [6.45, 7) is 0. The van der Waals surface area contributed by atoms with Crippen LogP contribution in [0.3, 0.4) is 0 Å². The number of benzene rings is 2. The van der Waals surface area contributed by atoms with E-state index >= 15 is 0 Å². The SMILES string of the molecule is COc1cc2cc(S(=O)(=O)O)ccc2c(Cl)c1OC. The largest absolute Gasteiger partial charge is 0.493 e. The third kappa shape index (κ3) is 2.47. The van der Waals surface area contributed by atoms with Gasteiger partial charge in [0.1, 0.15) is 0 Å². The summed E-state index contributed by atoms with van der Waals surface area (Å²) in [5, 5.41) is 1.45. The van der Waals surface area contributed by atoms with Crippen LogP contribution >= 0.6 is 11.6 Å². The van der Waals surface area contributed by atoms with Gasteiger partial charge in [0.2, 0.25) is 0 Å². The fourth-order valence-electron chi connectivity index (χ4n) is 1.80. The zero-order valence-corrected chi connectivity index (χ0v) is 11.7. The van der Waals surface area contributed by atoms with Crippen LogP contribution in [0.1, 0.15) is 0 Å². The Labute approximate surface area is 115 Å². The van der Waals surface area contributed by atoms with Crippen LogP contribution in [-0.4, -0.2) is 27.2 Å². The second-order valence-corrected chi connectivity index (χ2v) is 5.58. The number of methoxy groups -OCH3 is 2. The van der Waals surface area contributed by atoms with Crippen LogP contribution in [0.4, 0.5) is 0 Å². The van der Waals surface area contributed by atoms with Gasteiger partial charge >= 0.3 is 0 Å². The van der Waals surface area contributed by atoms with E-state index in [0.29, 0.717) is 27.3 Å². The Morgan fingerprint density at radius 2 is 1.84 bits per heavy atom. The molecule has 7 heteroatoms. The molecule has 0 atom stereocenters. The van der Waals surface area contributed by atoms with Crippen LogP contribution in [0.2, 0.25) is 5.02 Å². The third-order valence-corrected chi connectivity index (χ3v) is 3.92. The van der Waals surface area contributed by atoms with E-state index in [-0.39, 0.29) is 4.90 Å². The fraction of sp³-hybridized carbons (Fsp3) is 0.167. The van der Waals surface area contributed by atoms with E-state index in [1.165, 1.54) is 32.4 Å². The molecule has 0 heterocycles. The van der Waals surface area contributed by atoms with Gasteiger partial charge in [-0.15, -0.1) is 0 Å². The van der Waals surface area contributed by atoms with Crippen molar-refractivity contribution in [1.82, 2.24) is 0 Å². The lowest BCUT2D eigenvalue weighted by Gasteiger charge is -2.12. The molecular weight excluding hydrogens is 292 g/mol. The Morgan fingerprint density at radius 1 is 1.16 bits per heavy atom. The number of rotatable bonds is 3. The van der Waals surface area contributed by atoms with Crippen molar-refractivity contribution < 1.29 is 22.4 Å². The highest BCUT2D eigenvalue weighted by molar-refractivity contribution is 7.85. The van der Waals surface area contributed by atoms with Gasteiger partial charge in [0.25, 0.3) is 10.1 Å². The second kappa shape index (κ2) is 4.88. The van der Waals surface area contributed by atoms with Crippen LogP contribution < -0.4 is 9.47 Å². The number of hydrogen-bond donors (Lipinski definition) is 1. The lowest BCUT2D eigenvalue weighted by Crippen LogP contribution is -1.98. The van der Waals surface area contributed by atoms with Gasteiger partial charge < -0.3 is 9.47 Å². The maximum absolute atomic E-state index is 11.1. The second-order valence-electron chi connectivity index (χ2n) is 3.78. The van der Waals surface area contributed by atoms with E-state index < -0.39 is 10.1 Å². The molecule has 1 N–H and O–H groups in total. The highest BCUT2D eigenvalue weighted by Gasteiger charge is 2.16. The first-order valence-electron chi connectivity index (χ1n) is 5.20. The molecule has 0 saturated heterocycles. The zero-order chi connectivity index (χ0) is 14.2. The molecule has 0 bridgehead atoms. The number of ether oxygens (including phenoxy) is 2. The summed E-state index contributed by atoms with van der Waals surface area (Å²) in [4.78, 5) is -0.205. The monoisotopic (exact) mass is 302 g/mol. The van der Waals surface area contributed by atoms with E-state index in [4.69, 9.17) is 25.6 Å². The van der Waals surface area contributed by atoms with Gasteiger partial charge in [0, 0.05) is 5.39 Å². The standard InChI is InChI=1S/C12H11ClO5S/c1-17-10-6-7-5-8(19(14,15)16)3-4-9(7)11(13)12(10)18-2/h3-6H,1-2H3,(H,14,15,16). The van der Waals surface area contributed by atoms with E-state index in [2.05, 4.69) is 0 Å². The fourth-order valence-corrected chi connectivity index (χ4v) is 2.66. The lowest BCUT2D eigenvalue weighted by atomic mass is 10.1. The van der Waals surface area contributed by atoms with Crippen molar-refractivity contribution in [2.45, 2.75) is 4.90 Å². The van der Waals surface area contributed by atoms with Gasteiger partial charge in [-0.3, -0.25) is 4.55 Å². The van der Waals surface area contributed by atoms with Crippen molar-refractivity contribution in [2.24, 2.45) is 0 Å². The first-order valence-corrected chi connectivity index (χ1v) is 7.02. The molecule has 0 amide bonds. The van der Waals surface area contributed by atoms with Gasteiger partial charge in [-0.25, -0.2) is 0 Å². The average Bonchev–Trinajstić information content (AvgIpc) is 2.36. The maximum atomic E-state index is 11.1. The van der Waals surface area contributed by atoms with Gasteiger partial charge in [-0.1, -0.05) is 17.7 Å². The summed E-state index contributed by atoms with van der Waals surface area (Å²) in [6, 6.07) is 5.69. The van der Waals surface area contributed by atoms with Crippen molar-refractivity contribution in [1.29, 1.82) is 0 Å². The number of fused-ring (bicyclic) bond motifs is 1. The van der Waals surface area contributed by atoms with E-state index in [1.807, 2.05) is 0 Å². The smallest absolute Gasteiger partial charge is 0.294 e. The molecule has 0 radical (unpaired) electrons. The molecule has 5 nitrogen and oxygen atoms in total. The molecule has 2 aromatic carbocycles. The summed E-state index contributed by atoms with van der Waals surface area (Å²) in [5.41, 5.74) is 0. The molecule has 0 aliphatic rings. The summed E-state index contributed by atoms with van der Waals surface area (Å²) in [7, 11) is -1.35. The quantitative estimate of drug-likeness (QED) is 0.883. The molecule has 0 unspecified atom stereocenters. The number of hydrogen-bond acceptors (Lipinski definition) is 4. The minimum Gasteiger partial charge on any atom is -0.493 e. The van der Waals surface area contributed by atoms with Crippen molar-refractivity contribution in [3.63, 3.8) is 0 Å². The zero-order valence-electron chi connectivity index (χ0n) is 10.2. The Kier molecular flexibility index (Phi) is 3.58. The summed E-state index contributed by atoms with van der Waals surface area (Å²) in [6.07, 6.45) is 0. The average molecular weight is 303 g/mol. The molecular formula is C12H11ClO5S. The molecule has 19 heavy (non-hydrogen) atoms. The third-order valence-electron chi connectivity index (χ3n) is 2.69. The molecule has 0 fully saturated rings. The lowest BCUT2D eigenvalue weighted by molar-refractivity contribution is 0.356. The summed E-state index contributed by atoms with van der Waals surface area (Å²) in [5.74, 6) is 0.753. The van der Waals surface area contributed by atoms with Crippen molar-refractivity contribution >= 4 is 32.5 Å². The normalized spacial score (nSPS) is 11.6. The molecule has 2 aromatic rings. The van der Waals surface area contributed by atoms with Crippen molar-refractivity contribution in [3.05, 3.63) is 29.3 Å². The topological polar surface area (TPSA) is 72.8 Å². The van der Waals surface area contributed by atoms with Crippen LogP contribution in [-0.2, 0) is 10.1 Å². The van der Waals surface area contributed by atoms with Crippen molar-refractivity contribution in [3.8, 4) is 11.5 Å². The molecule has 2 rings (SSSR count). The minimum absolute atomic E-state index is 0.205. The van der Waals surface area contributed by atoms with Crippen LogP contribution in [0.15, 0.2) is 29.2 Å². The van der Waals surface area contributed by atoms with Gasteiger partial charge in [0.15, 0.2) is 11.5 Å². The summed E-state index contributed by atoms with van der Waals surface area (Å²) >= 11 is 6.18. The Bertz CT molecular complexity index is 739. The van der Waals surface area contributed by atoms with Crippen LogP contribution in [0.5, 0.6) is 11.5 Å². The molecule has 0 aliphatic carbocycles.